The van der Waals surface area contributed by atoms with Crippen LogP contribution < -0.4 is 5.32 Å². The van der Waals surface area contributed by atoms with Gasteiger partial charge in [0.25, 0.3) is 0 Å². The van der Waals surface area contributed by atoms with Crippen LogP contribution in [0.15, 0.2) is 35.7 Å². The Labute approximate surface area is 118 Å². The maximum Gasteiger partial charge on any atom is 0.344 e. The Kier molecular flexibility index (Phi) is 3.15. The van der Waals surface area contributed by atoms with E-state index in [4.69, 9.17) is 5.26 Å². The molecule has 1 N–H and O–H groups in total. The molecule has 2 heterocycles. The number of hydrogen-bond donors (Lipinski definition) is 1. The second-order valence-electron chi connectivity index (χ2n) is 4.05. The molecule has 0 saturated carbocycles. The SMILES string of the molecule is N#Cc1ccc2nnn(C(=O)NCc3cccs3)c2c1. The van der Waals surface area contributed by atoms with E-state index in [-0.39, 0.29) is 6.03 Å². The highest BCUT2D eigenvalue weighted by Gasteiger charge is 2.12. The fraction of sp³-hybridized carbons (Fsp3) is 0.0769. The molecule has 0 aliphatic heterocycles. The van der Waals surface area contributed by atoms with Gasteiger partial charge in [-0.05, 0) is 29.6 Å². The van der Waals surface area contributed by atoms with Crippen molar-refractivity contribution in [3.8, 4) is 6.07 Å². The largest absolute Gasteiger partial charge is 0.344 e. The van der Waals surface area contributed by atoms with E-state index in [1.165, 1.54) is 4.68 Å². The van der Waals surface area contributed by atoms with E-state index in [0.717, 1.165) is 4.88 Å². The molecule has 0 spiro atoms. The van der Waals surface area contributed by atoms with Crippen LogP contribution >= 0.6 is 11.3 Å². The number of fused-ring (bicyclic) bond motifs is 1. The van der Waals surface area contributed by atoms with Gasteiger partial charge in [0.05, 0.1) is 18.2 Å². The second-order valence-corrected chi connectivity index (χ2v) is 5.09. The van der Waals surface area contributed by atoms with E-state index in [1.54, 1.807) is 29.5 Å². The molecule has 20 heavy (non-hydrogen) atoms. The van der Waals surface area contributed by atoms with Gasteiger partial charge in [0.2, 0.25) is 0 Å². The van der Waals surface area contributed by atoms with Crippen molar-refractivity contribution in [2.45, 2.75) is 6.54 Å². The molecule has 0 fully saturated rings. The molecule has 3 rings (SSSR count). The summed E-state index contributed by atoms with van der Waals surface area (Å²) >= 11 is 1.57. The number of nitrogens with one attached hydrogen (secondary N) is 1. The number of carbonyl (C=O) groups excluding carboxylic acids is 1. The number of nitrogens with zero attached hydrogens (tertiary/aromatic N) is 4. The lowest BCUT2D eigenvalue weighted by Crippen LogP contribution is -2.28. The first kappa shape index (κ1) is 12.3. The van der Waals surface area contributed by atoms with Crippen molar-refractivity contribution in [2.75, 3.05) is 0 Å². The van der Waals surface area contributed by atoms with Gasteiger partial charge in [0, 0.05) is 4.88 Å². The predicted octanol–water partition coefficient (Wildman–Crippen LogP) is 2.12. The lowest BCUT2D eigenvalue weighted by atomic mass is 10.2. The zero-order valence-corrected chi connectivity index (χ0v) is 11.1. The Morgan fingerprint density at radius 3 is 3.10 bits per heavy atom. The first-order valence-electron chi connectivity index (χ1n) is 5.84. The number of thiophene rings is 1. The third-order valence-corrected chi connectivity index (χ3v) is 3.64. The summed E-state index contributed by atoms with van der Waals surface area (Å²) in [6, 6.07) is 10.4. The van der Waals surface area contributed by atoms with Gasteiger partial charge in [-0.1, -0.05) is 11.3 Å². The summed E-state index contributed by atoms with van der Waals surface area (Å²) in [5, 5.41) is 21.3. The Bertz CT molecular complexity index is 800. The maximum absolute atomic E-state index is 12.1. The minimum Gasteiger partial charge on any atom is -0.331 e. The minimum atomic E-state index is -0.365. The predicted molar refractivity (Wildman–Crippen MR) is 74.2 cm³/mol. The lowest BCUT2D eigenvalue weighted by Gasteiger charge is -2.03. The van der Waals surface area contributed by atoms with Crippen molar-refractivity contribution < 1.29 is 4.79 Å². The van der Waals surface area contributed by atoms with Crippen molar-refractivity contribution >= 4 is 28.4 Å². The van der Waals surface area contributed by atoms with Crippen LogP contribution in [0, 0.1) is 11.3 Å². The van der Waals surface area contributed by atoms with Gasteiger partial charge in [0.15, 0.2) is 0 Å². The Balaban J connectivity index is 1.86. The molecule has 98 valence electrons. The van der Waals surface area contributed by atoms with Gasteiger partial charge < -0.3 is 5.32 Å². The van der Waals surface area contributed by atoms with Crippen molar-refractivity contribution in [3.63, 3.8) is 0 Å². The minimum absolute atomic E-state index is 0.365. The van der Waals surface area contributed by atoms with Gasteiger partial charge >= 0.3 is 6.03 Å². The van der Waals surface area contributed by atoms with Gasteiger partial charge in [-0.2, -0.15) is 9.94 Å². The third kappa shape index (κ3) is 2.24. The monoisotopic (exact) mass is 283 g/mol. The summed E-state index contributed by atoms with van der Waals surface area (Å²) in [7, 11) is 0. The summed E-state index contributed by atoms with van der Waals surface area (Å²) in [6.45, 7) is 0.440. The Morgan fingerprint density at radius 2 is 2.35 bits per heavy atom. The topological polar surface area (TPSA) is 83.6 Å². The van der Waals surface area contributed by atoms with Gasteiger partial charge in [0.1, 0.15) is 11.0 Å². The van der Waals surface area contributed by atoms with E-state index in [9.17, 15) is 4.79 Å². The zero-order chi connectivity index (χ0) is 13.9. The van der Waals surface area contributed by atoms with Crippen molar-refractivity contribution in [1.82, 2.24) is 20.3 Å². The highest BCUT2D eigenvalue weighted by molar-refractivity contribution is 7.09. The molecule has 3 aromatic rings. The smallest absolute Gasteiger partial charge is 0.331 e. The van der Waals surface area contributed by atoms with Gasteiger partial charge in [-0.15, -0.1) is 16.4 Å². The molecule has 0 unspecified atom stereocenters. The molecule has 0 saturated heterocycles. The second kappa shape index (κ2) is 5.11. The van der Waals surface area contributed by atoms with Crippen LogP contribution in [-0.2, 0) is 6.54 Å². The molecular weight excluding hydrogens is 274 g/mol. The number of rotatable bonds is 2. The molecule has 0 aliphatic carbocycles. The van der Waals surface area contributed by atoms with Crippen LogP contribution in [0.3, 0.4) is 0 Å². The fourth-order valence-electron chi connectivity index (χ4n) is 1.79. The van der Waals surface area contributed by atoms with Crippen LogP contribution in [0.5, 0.6) is 0 Å². The molecule has 0 atom stereocenters. The van der Waals surface area contributed by atoms with Gasteiger partial charge in [-0.3, -0.25) is 0 Å². The van der Waals surface area contributed by atoms with E-state index >= 15 is 0 Å². The third-order valence-electron chi connectivity index (χ3n) is 2.76. The van der Waals surface area contributed by atoms with Crippen LogP contribution in [0.4, 0.5) is 4.79 Å². The number of benzene rings is 1. The summed E-state index contributed by atoms with van der Waals surface area (Å²) in [6.07, 6.45) is 0. The summed E-state index contributed by atoms with van der Waals surface area (Å²) in [5.74, 6) is 0. The highest BCUT2D eigenvalue weighted by Crippen LogP contribution is 2.13. The van der Waals surface area contributed by atoms with E-state index in [0.29, 0.717) is 23.1 Å². The zero-order valence-electron chi connectivity index (χ0n) is 10.3. The first-order chi connectivity index (χ1) is 9.78. The number of nitriles is 1. The number of carbonyl (C=O) groups is 1. The summed E-state index contributed by atoms with van der Waals surface area (Å²) < 4.78 is 1.17. The van der Waals surface area contributed by atoms with Crippen molar-refractivity contribution in [1.29, 1.82) is 5.26 Å². The molecule has 2 aromatic heterocycles. The molecule has 6 nitrogen and oxygen atoms in total. The van der Waals surface area contributed by atoms with Gasteiger partial charge in [-0.25, -0.2) is 4.79 Å². The van der Waals surface area contributed by atoms with E-state index in [2.05, 4.69) is 15.6 Å². The Morgan fingerprint density at radius 1 is 1.45 bits per heavy atom. The molecule has 7 heteroatoms. The lowest BCUT2D eigenvalue weighted by molar-refractivity contribution is 0.239. The summed E-state index contributed by atoms with van der Waals surface area (Å²) in [5.41, 5.74) is 1.56. The number of hydrogen-bond acceptors (Lipinski definition) is 5. The van der Waals surface area contributed by atoms with E-state index in [1.807, 2.05) is 23.6 Å². The first-order valence-corrected chi connectivity index (χ1v) is 6.72. The van der Waals surface area contributed by atoms with Crippen molar-refractivity contribution in [3.05, 3.63) is 46.2 Å². The molecule has 0 aliphatic rings. The Hall–Kier alpha value is -2.72. The molecule has 1 aromatic carbocycles. The molecule has 1 amide bonds. The van der Waals surface area contributed by atoms with Crippen LogP contribution in [0.1, 0.15) is 10.4 Å². The van der Waals surface area contributed by atoms with Crippen molar-refractivity contribution in [2.24, 2.45) is 0 Å². The molecular formula is C13H9N5OS. The highest BCUT2D eigenvalue weighted by atomic mass is 32.1. The van der Waals surface area contributed by atoms with Crippen LogP contribution in [-0.4, -0.2) is 21.0 Å². The standard InChI is InChI=1S/C13H9N5OS/c14-7-9-3-4-11-12(6-9)18(17-16-11)13(19)15-8-10-2-1-5-20-10/h1-6H,8H2,(H,15,19). The normalized spacial score (nSPS) is 10.3. The fourth-order valence-corrected chi connectivity index (χ4v) is 2.43. The average Bonchev–Trinajstić information content (AvgIpc) is 3.13. The summed E-state index contributed by atoms with van der Waals surface area (Å²) in [4.78, 5) is 13.1. The number of amides is 1. The van der Waals surface area contributed by atoms with Crippen LogP contribution in [0.25, 0.3) is 11.0 Å². The molecule has 0 bridgehead atoms. The number of aromatic nitrogens is 3. The van der Waals surface area contributed by atoms with Crippen LogP contribution in [0.2, 0.25) is 0 Å². The maximum atomic E-state index is 12.1. The average molecular weight is 283 g/mol. The molecule has 0 radical (unpaired) electrons. The quantitative estimate of drug-likeness (QED) is 0.780. The van der Waals surface area contributed by atoms with E-state index < -0.39 is 0 Å².